The fourth-order valence-electron chi connectivity index (χ4n) is 2.11. The summed E-state index contributed by atoms with van der Waals surface area (Å²) in [6, 6.07) is 0. The molecular weight excluding hydrogens is 396 g/mol. The fourth-order valence-corrected chi connectivity index (χ4v) is 2.11. The summed E-state index contributed by atoms with van der Waals surface area (Å²) in [7, 11) is 0. The van der Waals surface area contributed by atoms with Crippen LogP contribution in [0.15, 0.2) is 0 Å². The van der Waals surface area contributed by atoms with Gasteiger partial charge in [-0.2, -0.15) is 0 Å². The highest BCUT2D eigenvalue weighted by atomic mass is 16.6. The molecule has 0 aromatic heterocycles. The highest BCUT2D eigenvalue weighted by Gasteiger charge is 2.04. The molecule has 0 spiro atoms. The van der Waals surface area contributed by atoms with Crippen LogP contribution in [0.1, 0.15) is 46.0 Å². The van der Waals surface area contributed by atoms with Crippen LogP contribution in [0.4, 0.5) is 0 Å². The number of hydrogen-bond acceptors (Lipinski definition) is 8. The van der Waals surface area contributed by atoms with Gasteiger partial charge in [0.25, 0.3) is 0 Å². The third-order valence-corrected chi connectivity index (χ3v) is 4.10. The topological polar surface area (TPSA) is 110 Å². The molecule has 0 saturated heterocycles. The van der Waals surface area contributed by atoms with Gasteiger partial charge in [-0.3, -0.25) is 9.59 Å². The summed E-state index contributed by atoms with van der Waals surface area (Å²) in [5, 5.41) is 8.50. The minimum Gasteiger partial charge on any atom is -0.481 e. The van der Waals surface area contributed by atoms with Gasteiger partial charge < -0.3 is 33.5 Å². The molecule has 30 heavy (non-hydrogen) atoms. The second kappa shape index (κ2) is 22.4. The van der Waals surface area contributed by atoms with Crippen molar-refractivity contribution in [3.63, 3.8) is 0 Å². The number of carboxylic acid groups (broad SMARTS) is 1. The van der Waals surface area contributed by atoms with Crippen molar-refractivity contribution in [1.29, 1.82) is 0 Å². The number of rotatable bonds is 23. The molecule has 0 aromatic rings. The summed E-state index contributed by atoms with van der Waals surface area (Å²) in [4.78, 5) is 21.7. The summed E-state index contributed by atoms with van der Waals surface area (Å²) < 4.78 is 32.0. The highest BCUT2D eigenvalue weighted by Crippen LogP contribution is 2.01. The molecule has 1 N–H and O–H groups in total. The van der Waals surface area contributed by atoms with E-state index in [1.807, 2.05) is 0 Å². The van der Waals surface area contributed by atoms with E-state index in [0.717, 1.165) is 13.0 Å². The Labute approximate surface area is 180 Å². The molecule has 0 aliphatic heterocycles. The van der Waals surface area contributed by atoms with Crippen molar-refractivity contribution >= 4 is 11.9 Å². The quantitative estimate of drug-likeness (QED) is 0.191. The molecule has 0 aliphatic rings. The van der Waals surface area contributed by atoms with Gasteiger partial charge in [-0.1, -0.05) is 20.3 Å². The molecule has 0 rings (SSSR count). The van der Waals surface area contributed by atoms with Crippen LogP contribution in [0, 0.1) is 5.92 Å². The third-order valence-electron chi connectivity index (χ3n) is 4.10. The molecule has 9 heteroatoms. The zero-order valence-corrected chi connectivity index (χ0v) is 18.6. The maximum Gasteiger partial charge on any atom is 0.305 e. The Morgan fingerprint density at radius 1 is 0.700 bits per heavy atom. The second-order valence-electron chi connectivity index (χ2n) is 6.86. The van der Waals surface area contributed by atoms with Crippen molar-refractivity contribution in [3.05, 3.63) is 0 Å². The minimum absolute atomic E-state index is 0.0727. The average Bonchev–Trinajstić information content (AvgIpc) is 2.73. The van der Waals surface area contributed by atoms with Crippen molar-refractivity contribution < 1.29 is 43.1 Å². The van der Waals surface area contributed by atoms with Crippen LogP contribution in [-0.2, 0) is 38.0 Å². The predicted molar refractivity (Wildman–Crippen MR) is 111 cm³/mol. The van der Waals surface area contributed by atoms with Crippen molar-refractivity contribution in [3.8, 4) is 0 Å². The summed E-state index contributed by atoms with van der Waals surface area (Å²) in [5.41, 5.74) is 0. The molecule has 0 aromatic carbocycles. The van der Waals surface area contributed by atoms with Crippen LogP contribution in [0.3, 0.4) is 0 Å². The van der Waals surface area contributed by atoms with E-state index >= 15 is 0 Å². The van der Waals surface area contributed by atoms with Crippen molar-refractivity contribution in [2.24, 2.45) is 5.92 Å². The van der Waals surface area contributed by atoms with Gasteiger partial charge in [-0.05, 0) is 18.8 Å². The zero-order valence-electron chi connectivity index (χ0n) is 18.6. The van der Waals surface area contributed by atoms with Gasteiger partial charge in [0.05, 0.1) is 59.5 Å². The first-order chi connectivity index (χ1) is 14.6. The second-order valence-corrected chi connectivity index (χ2v) is 6.86. The van der Waals surface area contributed by atoms with E-state index in [1.165, 1.54) is 0 Å². The summed E-state index contributed by atoms with van der Waals surface area (Å²) in [5.74, 6) is -0.599. The predicted octanol–water partition coefficient (Wildman–Crippen LogP) is 2.30. The number of unbranched alkanes of at least 4 members (excludes halogenated alkanes) is 1. The first kappa shape index (κ1) is 28.7. The lowest BCUT2D eigenvalue weighted by molar-refractivity contribution is -0.146. The lowest BCUT2D eigenvalue weighted by Crippen LogP contribution is -2.15. The van der Waals surface area contributed by atoms with Crippen LogP contribution < -0.4 is 0 Å². The molecule has 9 nitrogen and oxygen atoms in total. The number of carboxylic acids is 1. The van der Waals surface area contributed by atoms with Crippen molar-refractivity contribution in [2.75, 3.05) is 72.7 Å². The number of aliphatic carboxylic acids is 1. The SMILES string of the molecule is CCC(C)COCCOCCOCCOCCOCCOC(=O)CCCCC(=O)O. The van der Waals surface area contributed by atoms with Crippen LogP contribution in [0.25, 0.3) is 0 Å². The number of ether oxygens (including phenoxy) is 6. The van der Waals surface area contributed by atoms with Crippen LogP contribution in [0.5, 0.6) is 0 Å². The Morgan fingerprint density at radius 3 is 1.60 bits per heavy atom. The third kappa shape index (κ3) is 23.0. The smallest absolute Gasteiger partial charge is 0.305 e. The lowest BCUT2D eigenvalue weighted by atomic mass is 10.1. The number of esters is 1. The highest BCUT2D eigenvalue weighted by molar-refractivity contribution is 5.69. The van der Waals surface area contributed by atoms with Gasteiger partial charge in [0.2, 0.25) is 0 Å². The Kier molecular flexibility index (Phi) is 21.5. The zero-order chi connectivity index (χ0) is 22.3. The van der Waals surface area contributed by atoms with Crippen molar-refractivity contribution in [1.82, 2.24) is 0 Å². The Hall–Kier alpha value is -1.26. The van der Waals surface area contributed by atoms with E-state index in [1.54, 1.807) is 0 Å². The molecular formula is C21H40O9. The van der Waals surface area contributed by atoms with E-state index in [2.05, 4.69) is 13.8 Å². The first-order valence-corrected chi connectivity index (χ1v) is 10.8. The van der Waals surface area contributed by atoms with Gasteiger partial charge >= 0.3 is 11.9 Å². The van der Waals surface area contributed by atoms with E-state index in [0.29, 0.717) is 78.2 Å². The first-order valence-electron chi connectivity index (χ1n) is 10.8. The number of carbonyl (C=O) groups is 2. The molecule has 0 bridgehead atoms. The number of hydrogen-bond donors (Lipinski definition) is 1. The minimum atomic E-state index is -0.853. The molecule has 1 atom stereocenters. The van der Waals surface area contributed by atoms with Crippen molar-refractivity contribution in [2.45, 2.75) is 46.0 Å². The lowest BCUT2D eigenvalue weighted by Gasteiger charge is -2.10. The molecule has 0 heterocycles. The molecule has 0 amide bonds. The van der Waals surface area contributed by atoms with E-state index in [4.69, 9.17) is 33.5 Å². The normalized spacial score (nSPS) is 12.1. The average molecular weight is 437 g/mol. The summed E-state index contributed by atoms with van der Waals surface area (Å²) in [6.07, 6.45) is 2.41. The number of carbonyl (C=O) groups excluding carboxylic acids is 1. The molecule has 0 fully saturated rings. The molecule has 0 radical (unpaired) electrons. The van der Waals surface area contributed by atoms with Gasteiger partial charge in [-0.25, -0.2) is 0 Å². The monoisotopic (exact) mass is 436 g/mol. The van der Waals surface area contributed by atoms with E-state index in [9.17, 15) is 9.59 Å². The maximum absolute atomic E-state index is 11.4. The molecule has 0 saturated carbocycles. The van der Waals surface area contributed by atoms with E-state index < -0.39 is 5.97 Å². The molecule has 0 aliphatic carbocycles. The largest absolute Gasteiger partial charge is 0.481 e. The Bertz CT molecular complexity index is 404. The van der Waals surface area contributed by atoms with E-state index in [-0.39, 0.29) is 25.4 Å². The van der Waals surface area contributed by atoms with Crippen LogP contribution >= 0.6 is 0 Å². The van der Waals surface area contributed by atoms with Gasteiger partial charge in [0, 0.05) is 19.4 Å². The Morgan fingerprint density at radius 2 is 1.13 bits per heavy atom. The van der Waals surface area contributed by atoms with Crippen LogP contribution in [0.2, 0.25) is 0 Å². The summed E-state index contributed by atoms with van der Waals surface area (Å²) in [6.45, 7) is 9.65. The standard InChI is InChI=1S/C21H40O9/c1-3-19(2)18-29-15-14-27-11-10-25-8-9-26-12-13-28-16-17-30-21(24)7-5-4-6-20(22)23/h19H,3-18H2,1-2H3,(H,22,23). The van der Waals surface area contributed by atoms with Gasteiger partial charge in [-0.15, -0.1) is 0 Å². The fraction of sp³-hybridized carbons (Fsp3) is 0.905. The molecule has 178 valence electrons. The summed E-state index contributed by atoms with van der Waals surface area (Å²) >= 11 is 0. The Balaban J connectivity index is 3.14. The van der Waals surface area contributed by atoms with Crippen LogP contribution in [-0.4, -0.2) is 89.7 Å². The maximum atomic E-state index is 11.4. The molecule has 1 unspecified atom stereocenters. The van der Waals surface area contributed by atoms with Gasteiger partial charge in [0.15, 0.2) is 0 Å². The van der Waals surface area contributed by atoms with Gasteiger partial charge in [0.1, 0.15) is 6.61 Å².